The van der Waals surface area contributed by atoms with Gasteiger partial charge in [-0.05, 0) is 37.5 Å². The molecule has 1 aromatic heterocycles. The first kappa shape index (κ1) is 27.3. The Hall–Kier alpha value is -3.73. The van der Waals surface area contributed by atoms with Crippen LogP contribution in [0.2, 0.25) is 0 Å². The second kappa shape index (κ2) is 11.8. The standard InChI is InChI=1S/C27H26F3N3O4S/c1-2-37-26(36)22(17-8-4-3-5-9-17)32-23(34)21-16-38-24(31-21)18-12-14-33(15-13-18)25(35)19-10-6-7-11-20(19)27(28,29)30/h3-11,16,18,22H,2,12-15H2,1H3,(H,32,34). The smallest absolute Gasteiger partial charge is 0.417 e. The van der Waals surface area contributed by atoms with E-state index in [1.54, 1.807) is 42.6 Å². The first-order chi connectivity index (χ1) is 18.2. The molecule has 1 fully saturated rings. The quantitative estimate of drug-likeness (QED) is 0.412. The molecular formula is C27H26F3N3O4S. The molecule has 4 rings (SSSR count). The molecule has 38 heavy (non-hydrogen) atoms. The number of likely N-dealkylation sites (tertiary alicyclic amines) is 1. The van der Waals surface area contributed by atoms with Crippen LogP contribution in [0.15, 0.2) is 60.0 Å². The molecule has 0 aliphatic carbocycles. The van der Waals surface area contributed by atoms with Gasteiger partial charge in [0.1, 0.15) is 5.69 Å². The summed E-state index contributed by atoms with van der Waals surface area (Å²) in [7, 11) is 0. The van der Waals surface area contributed by atoms with Crippen molar-refractivity contribution in [3.63, 3.8) is 0 Å². The van der Waals surface area contributed by atoms with E-state index >= 15 is 0 Å². The lowest BCUT2D eigenvalue weighted by Crippen LogP contribution is -2.38. The van der Waals surface area contributed by atoms with E-state index in [1.165, 1.54) is 34.4 Å². The van der Waals surface area contributed by atoms with Gasteiger partial charge in [-0.3, -0.25) is 9.59 Å². The fourth-order valence-corrected chi connectivity index (χ4v) is 5.32. The highest BCUT2D eigenvalue weighted by molar-refractivity contribution is 7.09. The maximum Gasteiger partial charge on any atom is 0.417 e. The third-order valence-electron chi connectivity index (χ3n) is 6.28. The van der Waals surface area contributed by atoms with Gasteiger partial charge >= 0.3 is 12.1 Å². The van der Waals surface area contributed by atoms with Gasteiger partial charge < -0.3 is 15.0 Å². The second-order valence-electron chi connectivity index (χ2n) is 8.75. The summed E-state index contributed by atoms with van der Waals surface area (Å²) < 4.78 is 45.2. The molecule has 0 radical (unpaired) electrons. The summed E-state index contributed by atoms with van der Waals surface area (Å²) in [5, 5.41) is 5.00. The zero-order valence-electron chi connectivity index (χ0n) is 20.5. The number of ether oxygens (including phenoxy) is 1. The lowest BCUT2D eigenvalue weighted by molar-refractivity contribution is -0.145. The van der Waals surface area contributed by atoms with Crippen LogP contribution in [-0.4, -0.2) is 47.4 Å². The van der Waals surface area contributed by atoms with Crippen molar-refractivity contribution in [1.82, 2.24) is 15.2 Å². The van der Waals surface area contributed by atoms with Crippen molar-refractivity contribution in [3.05, 3.63) is 87.4 Å². The van der Waals surface area contributed by atoms with Crippen LogP contribution >= 0.6 is 11.3 Å². The SMILES string of the molecule is CCOC(=O)C(NC(=O)c1csc(C2CCN(C(=O)c3ccccc3C(F)(F)F)CC2)n1)c1ccccc1. The predicted molar refractivity (Wildman–Crippen MR) is 135 cm³/mol. The molecule has 200 valence electrons. The fourth-order valence-electron chi connectivity index (χ4n) is 4.35. The number of rotatable bonds is 7. The van der Waals surface area contributed by atoms with Crippen molar-refractivity contribution >= 4 is 29.1 Å². The van der Waals surface area contributed by atoms with Gasteiger partial charge in [0.15, 0.2) is 6.04 Å². The number of halogens is 3. The van der Waals surface area contributed by atoms with Crippen LogP contribution in [0.5, 0.6) is 0 Å². The fraction of sp³-hybridized carbons (Fsp3) is 0.333. The molecule has 2 heterocycles. The summed E-state index contributed by atoms with van der Waals surface area (Å²) in [4.78, 5) is 44.1. The summed E-state index contributed by atoms with van der Waals surface area (Å²) in [6.07, 6.45) is -3.61. The van der Waals surface area contributed by atoms with E-state index in [1.807, 2.05) is 0 Å². The summed E-state index contributed by atoms with van der Waals surface area (Å²) in [5.41, 5.74) is -0.563. The molecule has 0 saturated carbocycles. The normalized spacial score (nSPS) is 15.1. The van der Waals surface area contributed by atoms with Crippen LogP contribution in [0.25, 0.3) is 0 Å². The van der Waals surface area contributed by atoms with E-state index in [0.717, 1.165) is 6.07 Å². The molecule has 3 aromatic rings. The van der Waals surface area contributed by atoms with E-state index in [9.17, 15) is 27.6 Å². The highest BCUT2D eigenvalue weighted by Gasteiger charge is 2.37. The van der Waals surface area contributed by atoms with Gasteiger partial charge in [-0.1, -0.05) is 42.5 Å². The summed E-state index contributed by atoms with van der Waals surface area (Å²) in [5.74, 6) is -1.79. The van der Waals surface area contributed by atoms with E-state index in [-0.39, 0.29) is 36.9 Å². The Labute approximate surface area is 221 Å². The Morgan fingerprint density at radius 3 is 2.39 bits per heavy atom. The van der Waals surface area contributed by atoms with Gasteiger partial charge in [-0.2, -0.15) is 13.2 Å². The van der Waals surface area contributed by atoms with Gasteiger partial charge in [-0.25, -0.2) is 9.78 Å². The van der Waals surface area contributed by atoms with E-state index in [4.69, 9.17) is 4.74 Å². The molecule has 2 aromatic carbocycles. The van der Waals surface area contributed by atoms with Crippen molar-refractivity contribution in [2.45, 2.75) is 37.9 Å². The van der Waals surface area contributed by atoms with Gasteiger partial charge in [0, 0.05) is 24.4 Å². The number of hydrogen-bond donors (Lipinski definition) is 1. The summed E-state index contributed by atoms with van der Waals surface area (Å²) in [6.45, 7) is 2.40. The van der Waals surface area contributed by atoms with Crippen molar-refractivity contribution in [1.29, 1.82) is 0 Å². The van der Waals surface area contributed by atoms with Gasteiger partial charge in [0.2, 0.25) is 0 Å². The molecule has 7 nitrogen and oxygen atoms in total. The monoisotopic (exact) mass is 545 g/mol. The van der Waals surface area contributed by atoms with Gasteiger partial charge in [-0.15, -0.1) is 11.3 Å². The maximum absolute atomic E-state index is 13.3. The molecule has 1 unspecified atom stereocenters. The number of carbonyl (C=O) groups excluding carboxylic acids is 3. The van der Waals surface area contributed by atoms with Crippen LogP contribution in [-0.2, 0) is 15.7 Å². The number of hydrogen-bond acceptors (Lipinski definition) is 6. The molecule has 2 amide bonds. The lowest BCUT2D eigenvalue weighted by Gasteiger charge is -2.31. The number of piperidine rings is 1. The van der Waals surface area contributed by atoms with Crippen LogP contribution in [0.3, 0.4) is 0 Å². The number of alkyl halides is 3. The minimum atomic E-state index is -4.62. The Morgan fingerprint density at radius 1 is 1.08 bits per heavy atom. The van der Waals surface area contributed by atoms with E-state index in [0.29, 0.717) is 23.4 Å². The zero-order valence-corrected chi connectivity index (χ0v) is 21.3. The molecule has 1 saturated heterocycles. The topological polar surface area (TPSA) is 88.6 Å². The largest absolute Gasteiger partial charge is 0.464 e. The van der Waals surface area contributed by atoms with Crippen molar-refractivity contribution < 1.29 is 32.3 Å². The number of esters is 1. The van der Waals surface area contributed by atoms with Gasteiger partial charge in [0.25, 0.3) is 11.8 Å². The first-order valence-electron chi connectivity index (χ1n) is 12.1. The Morgan fingerprint density at radius 2 is 1.74 bits per heavy atom. The van der Waals surface area contributed by atoms with Gasteiger partial charge in [0.05, 0.1) is 22.7 Å². The van der Waals surface area contributed by atoms with Crippen LogP contribution in [0, 0.1) is 0 Å². The molecule has 0 bridgehead atoms. The predicted octanol–water partition coefficient (Wildman–Crippen LogP) is 5.22. The number of nitrogens with zero attached hydrogens (tertiary/aromatic N) is 2. The summed E-state index contributed by atoms with van der Waals surface area (Å²) in [6, 6.07) is 12.6. The lowest BCUT2D eigenvalue weighted by atomic mass is 9.96. The number of benzene rings is 2. The molecule has 11 heteroatoms. The third kappa shape index (κ3) is 6.21. The van der Waals surface area contributed by atoms with Crippen LogP contribution < -0.4 is 5.32 Å². The number of aromatic nitrogens is 1. The average molecular weight is 546 g/mol. The third-order valence-corrected chi connectivity index (χ3v) is 7.29. The number of thiazole rings is 1. The zero-order chi connectivity index (χ0) is 27.3. The molecule has 1 aliphatic rings. The first-order valence-corrected chi connectivity index (χ1v) is 13.0. The molecular weight excluding hydrogens is 519 g/mol. The molecule has 1 atom stereocenters. The van der Waals surface area contributed by atoms with E-state index in [2.05, 4.69) is 10.3 Å². The van der Waals surface area contributed by atoms with Crippen molar-refractivity contribution in [3.8, 4) is 0 Å². The number of carbonyl (C=O) groups is 3. The number of amides is 2. The van der Waals surface area contributed by atoms with Crippen molar-refractivity contribution in [2.75, 3.05) is 19.7 Å². The maximum atomic E-state index is 13.3. The molecule has 1 aliphatic heterocycles. The van der Waals surface area contributed by atoms with Crippen LogP contribution in [0.4, 0.5) is 13.2 Å². The Kier molecular flexibility index (Phi) is 8.45. The van der Waals surface area contributed by atoms with E-state index < -0.39 is 35.6 Å². The average Bonchev–Trinajstić information content (AvgIpc) is 3.42. The summed E-state index contributed by atoms with van der Waals surface area (Å²) >= 11 is 1.30. The second-order valence-corrected chi connectivity index (χ2v) is 9.64. The Bertz CT molecular complexity index is 1290. The van der Waals surface area contributed by atoms with Crippen LogP contribution in [0.1, 0.15) is 68.7 Å². The minimum absolute atomic E-state index is 0.0431. The molecule has 0 spiro atoms. The number of nitrogens with one attached hydrogen (secondary N) is 1. The Balaban J connectivity index is 1.40. The molecule has 1 N–H and O–H groups in total. The minimum Gasteiger partial charge on any atom is -0.464 e. The highest BCUT2D eigenvalue weighted by atomic mass is 32.1. The highest BCUT2D eigenvalue weighted by Crippen LogP contribution is 2.34. The van der Waals surface area contributed by atoms with Crippen molar-refractivity contribution in [2.24, 2.45) is 0 Å².